The number of nitrogens with zero attached hydrogens (tertiary/aromatic N) is 1. The van der Waals surface area contributed by atoms with E-state index in [4.69, 9.17) is 27.2 Å². The van der Waals surface area contributed by atoms with Gasteiger partial charge in [0, 0.05) is 0 Å². The number of amidine groups is 1. The van der Waals surface area contributed by atoms with Crippen molar-refractivity contribution in [3.63, 3.8) is 0 Å². The van der Waals surface area contributed by atoms with Crippen molar-refractivity contribution in [3.05, 3.63) is 23.8 Å². The van der Waals surface area contributed by atoms with Gasteiger partial charge in [-0.2, -0.15) is 0 Å². The highest BCUT2D eigenvalue weighted by atomic mass is 35.5. The fourth-order valence-corrected chi connectivity index (χ4v) is 1.36. The van der Waals surface area contributed by atoms with Crippen molar-refractivity contribution in [2.75, 3.05) is 12.5 Å². The smallest absolute Gasteiger partial charge is 0.335 e. The number of ether oxygens (including phenoxy) is 1. The predicted octanol–water partition coefficient (Wildman–Crippen LogP) is 2.65. The molecule has 0 heterocycles. The fourth-order valence-electron chi connectivity index (χ4n) is 1.30. The maximum absolute atomic E-state index is 10.9. The van der Waals surface area contributed by atoms with Crippen molar-refractivity contribution in [2.24, 2.45) is 16.6 Å². The molecule has 0 unspecified atom stereocenters. The van der Waals surface area contributed by atoms with Crippen molar-refractivity contribution in [1.29, 1.82) is 0 Å². The number of nitrogens with two attached hydrogens (primary N) is 1. The third-order valence-corrected chi connectivity index (χ3v) is 2.45. The van der Waals surface area contributed by atoms with Crippen molar-refractivity contribution in [3.8, 4) is 5.75 Å². The van der Waals surface area contributed by atoms with Crippen LogP contribution in [0.25, 0.3) is 0 Å². The van der Waals surface area contributed by atoms with Crippen LogP contribution in [0.3, 0.4) is 0 Å². The molecule has 0 aromatic heterocycles. The Morgan fingerprint density at radius 2 is 2.21 bits per heavy atom. The molecule has 1 aromatic rings. The van der Waals surface area contributed by atoms with Gasteiger partial charge in [-0.3, -0.25) is 0 Å². The molecule has 0 amide bonds. The van der Waals surface area contributed by atoms with Gasteiger partial charge in [0.2, 0.25) is 0 Å². The number of rotatable bonds is 6. The zero-order chi connectivity index (χ0) is 14.4. The number of carbonyl (C=O) groups is 1. The van der Waals surface area contributed by atoms with Crippen LogP contribution in [0.2, 0.25) is 0 Å². The van der Waals surface area contributed by atoms with Gasteiger partial charge in [-0.25, -0.2) is 9.79 Å². The summed E-state index contributed by atoms with van der Waals surface area (Å²) in [6, 6.07) is 4.46. The Hall–Kier alpha value is -1.75. The monoisotopic (exact) mass is 284 g/mol. The first kappa shape index (κ1) is 15.3. The quantitative estimate of drug-likeness (QED) is 0.478. The van der Waals surface area contributed by atoms with Crippen LogP contribution in [0.1, 0.15) is 24.2 Å². The van der Waals surface area contributed by atoms with Crippen molar-refractivity contribution >= 4 is 29.1 Å². The van der Waals surface area contributed by atoms with Gasteiger partial charge in [0.05, 0.1) is 18.1 Å². The van der Waals surface area contributed by atoms with Crippen LogP contribution in [0.4, 0.5) is 5.69 Å². The highest BCUT2D eigenvalue weighted by molar-refractivity contribution is 6.28. The standard InChI is InChI=1S/C13H17ClN2O3/c1-8(2)7-19-11-4-3-9(13(17)18)5-10(11)16-12(15)6-14/h3-5,8H,6-7H2,1-2H3,(H2,15,16)(H,17,18). The van der Waals surface area contributed by atoms with Gasteiger partial charge in [-0.05, 0) is 24.1 Å². The van der Waals surface area contributed by atoms with E-state index in [2.05, 4.69) is 4.99 Å². The Labute approximate surface area is 117 Å². The first-order chi connectivity index (χ1) is 8.93. The summed E-state index contributed by atoms with van der Waals surface area (Å²) in [5.74, 6) is 0.0870. The van der Waals surface area contributed by atoms with Crippen molar-refractivity contribution < 1.29 is 14.6 Å². The van der Waals surface area contributed by atoms with Gasteiger partial charge in [-0.1, -0.05) is 13.8 Å². The lowest BCUT2D eigenvalue weighted by atomic mass is 10.2. The molecule has 3 N–H and O–H groups in total. The summed E-state index contributed by atoms with van der Waals surface area (Å²) in [5, 5.41) is 8.96. The molecule has 0 aliphatic rings. The number of carboxylic acid groups (broad SMARTS) is 1. The molecule has 1 aromatic carbocycles. The molecular formula is C13H17ClN2O3. The number of hydrogen-bond donors (Lipinski definition) is 2. The molecular weight excluding hydrogens is 268 g/mol. The van der Waals surface area contributed by atoms with Crippen LogP contribution >= 0.6 is 11.6 Å². The Morgan fingerprint density at radius 1 is 1.53 bits per heavy atom. The molecule has 0 saturated heterocycles. The minimum atomic E-state index is -1.03. The van der Waals surface area contributed by atoms with E-state index >= 15 is 0 Å². The van der Waals surface area contributed by atoms with E-state index in [-0.39, 0.29) is 17.3 Å². The van der Waals surface area contributed by atoms with Gasteiger partial charge in [-0.15, -0.1) is 11.6 Å². The van der Waals surface area contributed by atoms with E-state index in [1.54, 1.807) is 6.07 Å². The van der Waals surface area contributed by atoms with Crippen LogP contribution in [0.5, 0.6) is 5.75 Å². The molecule has 0 bridgehead atoms. The largest absolute Gasteiger partial charge is 0.491 e. The number of benzene rings is 1. The zero-order valence-corrected chi connectivity index (χ0v) is 11.6. The number of alkyl halides is 1. The molecule has 0 aliphatic heterocycles. The second kappa shape index (κ2) is 6.99. The van der Waals surface area contributed by atoms with Crippen LogP contribution in [-0.2, 0) is 0 Å². The lowest BCUT2D eigenvalue weighted by Crippen LogP contribution is -2.12. The first-order valence-corrected chi connectivity index (χ1v) is 6.36. The second-order valence-electron chi connectivity index (χ2n) is 4.43. The van der Waals surface area contributed by atoms with E-state index in [1.165, 1.54) is 12.1 Å². The van der Waals surface area contributed by atoms with E-state index in [0.29, 0.717) is 24.0 Å². The van der Waals surface area contributed by atoms with Gasteiger partial charge in [0.15, 0.2) is 0 Å². The van der Waals surface area contributed by atoms with Gasteiger partial charge in [0.1, 0.15) is 17.3 Å². The molecule has 1 rings (SSSR count). The van der Waals surface area contributed by atoms with Crippen LogP contribution in [0.15, 0.2) is 23.2 Å². The number of hydrogen-bond acceptors (Lipinski definition) is 3. The minimum Gasteiger partial charge on any atom is -0.491 e. The number of halogens is 1. The Morgan fingerprint density at radius 3 is 2.74 bits per heavy atom. The number of aliphatic imine (C=N–C) groups is 1. The highest BCUT2D eigenvalue weighted by Gasteiger charge is 2.10. The lowest BCUT2D eigenvalue weighted by Gasteiger charge is -2.11. The van der Waals surface area contributed by atoms with Crippen LogP contribution < -0.4 is 10.5 Å². The number of carboxylic acids is 1. The Kier molecular flexibility index (Phi) is 5.63. The fraction of sp³-hybridized carbons (Fsp3) is 0.385. The molecule has 5 nitrogen and oxygen atoms in total. The van der Waals surface area contributed by atoms with E-state index in [1.807, 2.05) is 13.8 Å². The summed E-state index contributed by atoms with van der Waals surface area (Å²) in [6.45, 7) is 4.54. The average molecular weight is 285 g/mol. The molecule has 0 fully saturated rings. The first-order valence-electron chi connectivity index (χ1n) is 5.83. The second-order valence-corrected chi connectivity index (χ2v) is 4.70. The van der Waals surface area contributed by atoms with E-state index in [9.17, 15) is 4.79 Å². The third-order valence-electron chi connectivity index (χ3n) is 2.18. The van der Waals surface area contributed by atoms with Gasteiger partial charge in [0.25, 0.3) is 0 Å². The topological polar surface area (TPSA) is 84.9 Å². The maximum atomic E-state index is 10.9. The minimum absolute atomic E-state index is 0.0704. The summed E-state index contributed by atoms with van der Waals surface area (Å²) in [7, 11) is 0. The lowest BCUT2D eigenvalue weighted by molar-refractivity contribution is 0.0697. The highest BCUT2D eigenvalue weighted by Crippen LogP contribution is 2.29. The maximum Gasteiger partial charge on any atom is 0.335 e. The average Bonchev–Trinajstić information content (AvgIpc) is 2.36. The normalized spacial score (nSPS) is 11.7. The summed E-state index contributed by atoms with van der Waals surface area (Å²) < 4.78 is 5.58. The van der Waals surface area contributed by atoms with Gasteiger partial charge >= 0.3 is 5.97 Å². The predicted molar refractivity (Wildman–Crippen MR) is 75.7 cm³/mol. The molecule has 19 heavy (non-hydrogen) atoms. The molecule has 6 heteroatoms. The van der Waals surface area contributed by atoms with Crippen molar-refractivity contribution in [2.45, 2.75) is 13.8 Å². The molecule has 0 radical (unpaired) electrons. The van der Waals surface area contributed by atoms with Crippen molar-refractivity contribution in [1.82, 2.24) is 0 Å². The SMILES string of the molecule is CC(C)COc1ccc(C(=O)O)cc1N=C(N)CCl. The summed E-state index contributed by atoms with van der Waals surface area (Å²) in [5.41, 5.74) is 6.07. The third kappa shape index (κ3) is 4.79. The van der Waals surface area contributed by atoms with E-state index < -0.39 is 5.97 Å². The summed E-state index contributed by atoms with van der Waals surface area (Å²) in [4.78, 5) is 15.0. The van der Waals surface area contributed by atoms with Crippen LogP contribution in [-0.4, -0.2) is 29.4 Å². The zero-order valence-electron chi connectivity index (χ0n) is 10.9. The Balaban J connectivity index is 3.11. The summed E-state index contributed by atoms with van der Waals surface area (Å²) >= 11 is 5.57. The summed E-state index contributed by atoms with van der Waals surface area (Å²) in [6.07, 6.45) is 0. The molecule has 0 atom stereocenters. The van der Waals surface area contributed by atoms with Crippen LogP contribution in [0, 0.1) is 5.92 Å². The molecule has 0 saturated carbocycles. The molecule has 0 aliphatic carbocycles. The van der Waals surface area contributed by atoms with Gasteiger partial charge < -0.3 is 15.6 Å². The Bertz CT molecular complexity index is 487. The molecule has 104 valence electrons. The molecule has 0 spiro atoms. The number of aromatic carboxylic acids is 1. The van der Waals surface area contributed by atoms with E-state index in [0.717, 1.165) is 0 Å².